The molecule has 0 radical (unpaired) electrons. The molecular weight excluding hydrogens is 454 g/mol. The molecule has 2 aromatic heterocycles. The van der Waals surface area contributed by atoms with E-state index in [0.29, 0.717) is 12.4 Å². The summed E-state index contributed by atoms with van der Waals surface area (Å²) in [5.74, 6) is 0.156. The number of sulfone groups is 1. The first kappa shape index (κ1) is 22.3. The minimum atomic E-state index is -3.77. The monoisotopic (exact) mass is 477 g/mol. The summed E-state index contributed by atoms with van der Waals surface area (Å²) in [6, 6.07) is 7.44. The predicted molar refractivity (Wildman–Crippen MR) is 119 cm³/mol. The Labute approximate surface area is 191 Å². The fourth-order valence-electron chi connectivity index (χ4n) is 4.06. The van der Waals surface area contributed by atoms with Gasteiger partial charge in [-0.05, 0) is 25.5 Å². The summed E-state index contributed by atoms with van der Waals surface area (Å²) in [7, 11) is -0.586. The Balaban J connectivity index is 1.72. The number of hydrogen-bond donors (Lipinski definition) is 0. The van der Waals surface area contributed by atoms with E-state index in [1.54, 1.807) is 40.3 Å². The highest BCUT2D eigenvalue weighted by Gasteiger charge is 2.45. The molecule has 3 aromatic rings. The van der Waals surface area contributed by atoms with Crippen LogP contribution in [0.3, 0.4) is 0 Å². The van der Waals surface area contributed by atoms with E-state index >= 15 is 0 Å². The van der Waals surface area contributed by atoms with E-state index < -0.39 is 27.1 Å². The van der Waals surface area contributed by atoms with Crippen molar-refractivity contribution in [2.75, 3.05) is 18.6 Å². The third-order valence-electron chi connectivity index (χ3n) is 5.72. The van der Waals surface area contributed by atoms with Gasteiger partial charge in [0.2, 0.25) is 0 Å². The van der Waals surface area contributed by atoms with E-state index in [0.717, 1.165) is 11.4 Å². The maximum absolute atomic E-state index is 13.4. The number of carbonyl (C=O) groups is 1. The van der Waals surface area contributed by atoms with Crippen molar-refractivity contribution in [3.05, 3.63) is 59.3 Å². The first-order valence-corrected chi connectivity index (χ1v) is 12.0. The Morgan fingerprint density at radius 3 is 2.72 bits per heavy atom. The van der Waals surface area contributed by atoms with Gasteiger partial charge in [0.05, 0.1) is 52.7 Å². The van der Waals surface area contributed by atoms with Gasteiger partial charge in [-0.1, -0.05) is 23.7 Å². The van der Waals surface area contributed by atoms with Crippen molar-refractivity contribution in [2.45, 2.75) is 36.1 Å². The number of hydrogen-bond acceptors (Lipinski definition) is 7. The van der Waals surface area contributed by atoms with Crippen molar-refractivity contribution >= 4 is 33.2 Å². The largest absolute Gasteiger partial charge is 0.467 e. The molecule has 1 saturated heterocycles. The number of esters is 1. The van der Waals surface area contributed by atoms with Crippen LogP contribution in [0.4, 0.5) is 5.82 Å². The van der Waals surface area contributed by atoms with E-state index in [9.17, 15) is 13.2 Å². The van der Waals surface area contributed by atoms with Crippen molar-refractivity contribution < 1.29 is 17.9 Å². The van der Waals surface area contributed by atoms with Crippen LogP contribution >= 0.6 is 11.6 Å². The van der Waals surface area contributed by atoms with Crippen molar-refractivity contribution in [1.82, 2.24) is 19.3 Å². The van der Waals surface area contributed by atoms with Crippen LogP contribution in [-0.2, 0) is 33.0 Å². The standard InChI is InChI=1S/C21H24ClN5O4S/c1-14-8-20(27(24-14)11-15-10-23-13-25(15)2)26-12-16(9-18(26)21(28)31-3)32(29,30)19-7-5-4-6-17(19)22/h4-8,10,13,16,18H,9,11-12H2,1-3H3. The van der Waals surface area contributed by atoms with Crippen LogP contribution in [0.25, 0.3) is 0 Å². The topological polar surface area (TPSA) is 99.3 Å². The molecule has 0 spiro atoms. The summed E-state index contributed by atoms with van der Waals surface area (Å²) in [5.41, 5.74) is 1.67. The lowest BCUT2D eigenvalue weighted by atomic mass is 10.2. The molecule has 1 aliphatic heterocycles. The lowest BCUT2D eigenvalue weighted by molar-refractivity contribution is -0.141. The Bertz CT molecular complexity index is 1250. The SMILES string of the molecule is COC(=O)C1CC(S(=O)(=O)c2ccccc2Cl)CN1c1cc(C)nn1Cc1cncn1C. The molecule has 170 valence electrons. The van der Waals surface area contributed by atoms with Crippen molar-refractivity contribution in [1.29, 1.82) is 0 Å². The Kier molecular flexibility index (Phi) is 6.00. The average Bonchev–Trinajstić information content (AvgIpc) is 3.47. The molecule has 9 nitrogen and oxygen atoms in total. The summed E-state index contributed by atoms with van der Waals surface area (Å²) in [6.45, 7) is 2.39. The number of ether oxygens (including phenoxy) is 1. The van der Waals surface area contributed by atoms with E-state index in [4.69, 9.17) is 16.3 Å². The molecule has 2 atom stereocenters. The van der Waals surface area contributed by atoms with E-state index in [1.807, 2.05) is 24.6 Å². The maximum Gasteiger partial charge on any atom is 0.328 e. The van der Waals surface area contributed by atoms with Gasteiger partial charge in [-0.3, -0.25) is 0 Å². The van der Waals surface area contributed by atoms with E-state index in [-0.39, 0.29) is 22.9 Å². The van der Waals surface area contributed by atoms with Crippen LogP contribution < -0.4 is 4.90 Å². The average molecular weight is 478 g/mol. The number of nitrogens with zero attached hydrogens (tertiary/aromatic N) is 5. The molecular formula is C21H24ClN5O4S. The third-order valence-corrected chi connectivity index (χ3v) is 8.35. The van der Waals surface area contributed by atoms with Crippen LogP contribution in [-0.4, -0.2) is 58.7 Å². The summed E-state index contributed by atoms with van der Waals surface area (Å²) < 4.78 is 35.4. The van der Waals surface area contributed by atoms with Gasteiger partial charge in [0.25, 0.3) is 0 Å². The highest BCUT2D eigenvalue weighted by molar-refractivity contribution is 7.92. The number of benzene rings is 1. The number of anilines is 1. The molecule has 2 unspecified atom stereocenters. The molecule has 1 fully saturated rings. The van der Waals surface area contributed by atoms with Crippen LogP contribution in [0.2, 0.25) is 5.02 Å². The van der Waals surface area contributed by atoms with Crippen molar-refractivity contribution in [3.63, 3.8) is 0 Å². The molecule has 3 heterocycles. The highest BCUT2D eigenvalue weighted by Crippen LogP contribution is 2.35. The van der Waals surface area contributed by atoms with Crippen LogP contribution in [0, 0.1) is 6.92 Å². The summed E-state index contributed by atoms with van der Waals surface area (Å²) in [4.78, 5) is 18.6. The second-order valence-electron chi connectivity index (χ2n) is 7.82. The Hall–Kier alpha value is -2.85. The van der Waals surface area contributed by atoms with Crippen LogP contribution in [0.5, 0.6) is 0 Å². The summed E-state index contributed by atoms with van der Waals surface area (Å²) in [6.07, 6.45) is 3.54. The molecule has 1 aromatic carbocycles. The normalized spacial score (nSPS) is 18.8. The molecule has 0 saturated carbocycles. The van der Waals surface area contributed by atoms with Crippen LogP contribution in [0.1, 0.15) is 17.8 Å². The summed E-state index contributed by atoms with van der Waals surface area (Å²) in [5, 5.41) is 3.90. The fourth-order valence-corrected chi connectivity index (χ4v) is 6.28. The van der Waals surface area contributed by atoms with E-state index in [2.05, 4.69) is 10.1 Å². The molecule has 0 amide bonds. The smallest absolute Gasteiger partial charge is 0.328 e. The number of aryl methyl sites for hydroxylation is 2. The fraction of sp³-hybridized carbons (Fsp3) is 0.381. The Morgan fingerprint density at radius 2 is 2.06 bits per heavy atom. The quantitative estimate of drug-likeness (QED) is 0.502. The van der Waals surface area contributed by atoms with Gasteiger partial charge in [-0.15, -0.1) is 0 Å². The lowest BCUT2D eigenvalue weighted by Gasteiger charge is -2.25. The number of halogens is 1. The number of methoxy groups -OCH3 is 1. The third kappa shape index (κ3) is 4.00. The van der Waals surface area contributed by atoms with Gasteiger partial charge in [-0.25, -0.2) is 22.9 Å². The minimum absolute atomic E-state index is 0.0664. The molecule has 0 N–H and O–H groups in total. The van der Waals surface area contributed by atoms with Crippen molar-refractivity contribution in [3.8, 4) is 0 Å². The number of rotatable bonds is 6. The van der Waals surface area contributed by atoms with E-state index in [1.165, 1.54) is 13.2 Å². The first-order chi connectivity index (χ1) is 15.2. The molecule has 4 rings (SSSR count). The predicted octanol–water partition coefficient (Wildman–Crippen LogP) is 2.22. The molecule has 32 heavy (non-hydrogen) atoms. The number of aromatic nitrogens is 4. The van der Waals surface area contributed by atoms with Gasteiger partial charge in [-0.2, -0.15) is 5.10 Å². The first-order valence-electron chi connectivity index (χ1n) is 10.0. The van der Waals surface area contributed by atoms with Crippen LogP contribution in [0.15, 0.2) is 47.8 Å². The number of carbonyl (C=O) groups excluding carboxylic acids is 1. The second-order valence-corrected chi connectivity index (χ2v) is 10.4. The lowest BCUT2D eigenvalue weighted by Crippen LogP contribution is -2.38. The molecule has 11 heteroatoms. The maximum atomic E-state index is 13.4. The molecule has 1 aliphatic rings. The van der Waals surface area contributed by atoms with Gasteiger partial charge in [0.1, 0.15) is 11.9 Å². The zero-order valence-electron chi connectivity index (χ0n) is 18.0. The van der Waals surface area contributed by atoms with Gasteiger partial charge >= 0.3 is 5.97 Å². The molecule has 0 aliphatic carbocycles. The zero-order valence-corrected chi connectivity index (χ0v) is 19.5. The molecule has 0 bridgehead atoms. The highest BCUT2D eigenvalue weighted by atomic mass is 35.5. The Morgan fingerprint density at radius 1 is 1.31 bits per heavy atom. The minimum Gasteiger partial charge on any atom is -0.467 e. The van der Waals surface area contributed by atoms with Crippen molar-refractivity contribution in [2.24, 2.45) is 7.05 Å². The zero-order chi connectivity index (χ0) is 23.0. The second kappa shape index (κ2) is 8.59. The van der Waals surface area contributed by atoms with Gasteiger partial charge in [0.15, 0.2) is 9.84 Å². The summed E-state index contributed by atoms with van der Waals surface area (Å²) >= 11 is 6.18. The van der Waals surface area contributed by atoms with Gasteiger partial charge < -0.3 is 14.2 Å². The number of imidazole rings is 1. The van der Waals surface area contributed by atoms with Gasteiger partial charge in [0, 0.05) is 19.7 Å².